The van der Waals surface area contributed by atoms with Gasteiger partial charge < -0.3 is 15.2 Å². The van der Waals surface area contributed by atoms with Gasteiger partial charge in [-0.05, 0) is 50.4 Å². The Morgan fingerprint density at radius 2 is 2.12 bits per heavy atom. The van der Waals surface area contributed by atoms with Crippen molar-refractivity contribution >= 4 is 11.7 Å². The summed E-state index contributed by atoms with van der Waals surface area (Å²) in [5, 5.41) is 13.3. The number of hydrogen-bond acceptors (Lipinski definition) is 4. The Labute approximate surface area is 154 Å². The molecule has 2 amide bonds. The number of carbonyl (C=O) groups excluding carboxylic acids is 1. The van der Waals surface area contributed by atoms with Gasteiger partial charge in [0.1, 0.15) is 12.7 Å². The molecule has 7 heteroatoms. The predicted molar refractivity (Wildman–Crippen MR) is 102 cm³/mol. The van der Waals surface area contributed by atoms with Gasteiger partial charge in [0.2, 0.25) is 0 Å². The summed E-state index contributed by atoms with van der Waals surface area (Å²) < 4.78 is 1.89. The van der Waals surface area contributed by atoms with Crippen LogP contribution in [0.15, 0.2) is 36.9 Å². The third-order valence-corrected chi connectivity index (χ3v) is 4.86. The van der Waals surface area contributed by atoms with Crippen molar-refractivity contribution in [1.29, 1.82) is 0 Å². The molecule has 0 aliphatic carbocycles. The maximum atomic E-state index is 12.1. The molecule has 0 spiro atoms. The molecule has 1 saturated heterocycles. The number of nitrogens with zero attached hydrogens (tertiary/aromatic N) is 4. The largest absolute Gasteiger partial charge is 0.338 e. The number of aromatic nitrogens is 3. The van der Waals surface area contributed by atoms with Crippen LogP contribution in [0.3, 0.4) is 0 Å². The third-order valence-electron chi connectivity index (χ3n) is 4.86. The zero-order chi connectivity index (χ0) is 18.2. The van der Waals surface area contributed by atoms with Gasteiger partial charge in [-0.15, -0.1) is 10.2 Å². The van der Waals surface area contributed by atoms with Crippen molar-refractivity contribution < 1.29 is 4.79 Å². The first-order valence-electron chi connectivity index (χ1n) is 9.41. The van der Waals surface area contributed by atoms with Gasteiger partial charge in [-0.2, -0.15) is 0 Å². The molecule has 0 saturated carbocycles. The van der Waals surface area contributed by atoms with Gasteiger partial charge in [0.25, 0.3) is 0 Å². The lowest BCUT2D eigenvalue weighted by Gasteiger charge is -2.33. The number of aryl methyl sites for hydroxylation is 1. The van der Waals surface area contributed by atoms with Crippen LogP contribution in [-0.2, 0) is 13.1 Å². The van der Waals surface area contributed by atoms with E-state index in [2.05, 4.69) is 44.8 Å². The maximum Gasteiger partial charge on any atom is 0.319 e. The minimum Gasteiger partial charge on any atom is -0.338 e. The number of benzene rings is 1. The summed E-state index contributed by atoms with van der Waals surface area (Å²) >= 11 is 0. The first kappa shape index (κ1) is 18.4. The molecule has 26 heavy (non-hydrogen) atoms. The van der Waals surface area contributed by atoms with Crippen molar-refractivity contribution in [2.45, 2.75) is 51.7 Å². The number of nitrogens with one attached hydrogen (secondary N) is 2. The zero-order valence-electron chi connectivity index (χ0n) is 15.4. The van der Waals surface area contributed by atoms with Crippen LogP contribution in [-0.4, -0.2) is 44.8 Å². The van der Waals surface area contributed by atoms with Crippen molar-refractivity contribution in [1.82, 2.24) is 25.0 Å². The van der Waals surface area contributed by atoms with Crippen molar-refractivity contribution in [2.75, 3.05) is 18.4 Å². The normalized spacial score (nSPS) is 17.8. The highest BCUT2D eigenvalue weighted by Gasteiger charge is 2.18. The first-order chi connectivity index (χ1) is 12.7. The van der Waals surface area contributed by atoms with Gasteiger partial charge in [0, 0.05) is 31.4 Å². The molecule has 2 heterocycles. The van der Waals surface area contributed by atoms with E-state index in [1.54, 1.807) is 12.7 Å². The molecule has 1 aliphatic heterocycles. The van der Waals surface area contributed by atoms with E-state index in [-0.39, 0.29) is 6.03 Å². The molecule has 2 N–H and O–H groups in total. The Kier molecular flexibility index (Phi) is 6.60. The quantitative estimate of drug-likeness (QED) is 0.748. The fraction of sp³-hybridized carbons (Fsp3) is 0.526. The van der Waals surface area contributed by atoms with Gasteiger partial charge in [-0.3, -0.25) is 4.90 Å². The van der Waals surface area contributed by atoms with E-state index in [9.17, 15) is 4.79 Å². The van der Waals surface area contributed by atoms with Crippen LogP contribution < -0.4 is 10.6 Å². The number of piperidine rings is 1. The molecule has 2 aromatic rings. The fourth-order valence-electron chi connectivity index (χ4n) is 3.35. The number of amides is 2. The summed E-state index contributed by atoms with van der Waals surface area (Å²) in [6, 6.07) is 8.60. The number of likely N-dealkylation sites (tertiary alicyclic amines) is 1. The molecule has 0 bridgehead atoms. The minimum atomic E-state index is -0.169. The lowest BCUT2D eigenvalue weighted by atomic mass is 10.0. The topological polar surface area (TPSA) is 75.1 Å². The average molecular weight is 356 g/mol. The van der Waals surface area contributed by atoms with Crippen molar-refractivity contribution in [3.63, 3.8) is 0 Å². The highest BCUT2D eigenvalue weighted by Crippen LogP contribution is 2.20. The monoisotopic (exact) mass is 356 g/mol. The number of carbonyl (C=O) groups is 1. The van der Waals surface area contributed by atoms with Crippen LogP contribution in [0.2, 0.25) is 0 Å². The molecular formula is C19H28N6O. The second kappa shape index (κ2) is 9.33. The first-order valence-corrected chi connectivity index (χ1v) is 9.41. The van der Waals surface area contributed by atoms with Gasteiger partial charge >= 0.3 is 6.03 Å². The fourth-order valence-corrected chi connectivity index (χ4v) is 3.35. The van der Waals surface area contributed by atoms with Crippen molar-refractivity contribution in [2.24, 2.45) is 0 Å². The Hall–Kier alpha value is -2.41. The lowest BCUT2D eigenvalue weighted by molar-refractivity contribution is 0.152. The van der Waals surface area contributed by atoms with E-state index in [0.29, 0.717) is 12.6 Å². The van der Waals surface area contributed by atoms with Gasteiger partial charge in [0.05, 0.1) is 0 Å². The predicted octanol–water partition coefficient (Wildman–Crippen LogP) is 2.86. The van der Waals surface area contributed by atoms with Crippen LogP contribution in [0.5, 0.6) is 0 Å². The standard InChI is InChI=1S/C19H28N6O/c1-16-6-2-3-11-25(16)13-17-7-4-8-18(12-17)23-19(26)20-9-5-10-24-14-21-22-15-24/h4,7-8,12,14-16H,2-3,5-6,9-11,13H2,1H3,(H2,20,23,26)/t16-/m1/s1. The Balaban J connectivity index is 1.43. The van der Waals surface area contributed by atoms with Gasteiger partial charge in [-0.1, -0.05) is 18.6 Å². The van der Waals surface area contributed by atoms with E-state index in [1.165, 1.54) is 24.8 Å². The molecule has 7 nitrogen and oxygen atoms in total. The number of urea groups is 1. The lowest BCUT2D eigenvalue weighted by Crippen LogP contribution is -2.36. The summed E-state index contributed by atoms with van der Waals surface area (Å²) in [7, 11) is 0. The van der Waals surface area contributed by atoms with E-state index >= 15 is 0 Å². The van der Waals surface area contributed by atoms with Crippen LogP contribution in [0, 0.1) is 0 Å². The summed E-state index contributed by atoms with van der Waals surface area (Å²) in [5.74, 6) is 0. The third kappa shape index (κ3) is 5.56. The second-order valence-corrected chi connectivity index (χ2v) is 6.95. The maximum absolute atomic E-state index is 12.1. The number of anilines is 1. The highest BCUT2D eigenvalue weighted by atomic mass is 16.2. The molecule has 1 aliphatic rings. The second-order valence-electron chi connectivity index (χ2n) is 6.95. The van der Waals surface area contributed by atoms with E-state index in [0.717, 1.165) is 31.7 Å². The Bertz CT molecular complexity index is 687. The summed E-state index contributed by atoms with van der Waals surface area (Å²) in [4.78, 5) is 14.6. The highest BCUT2D eigenvalue weighted by molar-refractivity contribution is 5.89. The van der Waals surface area contributed by atoms with Crippen molar-refractivity contribution in [3.05, 3.63) is 42.5 Å². The van der Waals surface area contributed by atoms with E-state index < -0.39 is 0 Å². The average Bonchev–Trinajstić information content (AvgIpc) is 3.15. The molecule has 1 fully saturated rings. The van der Waals surface area contributed by atoms with E-state index in [4.69, 9.17) is 0 Å². The van der Waals surface area contributed by atoms with E-state index in [1.807, 2.05) is 16.7 Å². The molecule has 3 rings (SSSR count). The molecule has 0 radical (unpaired) electrons. The van der Waals surface area contributed by atoms with Crippen LogP contribution in [0.25, 0.3) is 0 Å². The molecule has 0 unspecified atom stereocenters. The Morgan fingerprint density at radius 3 is 2.92 bits per heavy atom. The van der Waals surface area contributed by atoms with Gasteiger partial charge in [0.15, 0.2) is 0 Å². The molecule has 1 atom stereocenters. The zero-order valence-corrected chi connectivity index (χ0v) is 15.4. The number of rotatable bonds is 7. The molecule has 1 aromatic carbocycles. The molecule has 140 valence electrons. The SMILES string of the molecule is C[C@@H]1CCCCN1Cc1cccc(NC(=O)NCCCn2cnnc2)c1. The van der Waals surface area contributed by atoms with Crippen molar-refractivity contribution in [3.8, 4) is 0 Å². The summed E-state index contributed by atoms with van der Waals surface area (Å²) in [5.41, 5.74) is 2.08. The molecular weight excluding hydrogens is 328 g/mol. The summed E-state index contributed by atoms with van der Waals surface area (Å²) in [6.45, 7) is 5.79. The minimum absolute atomic E-state index is 0.169. The van der Waals surface area contributed by atoms with Crippen LogP contribution in [0.1, 0.15) is 38.2 Å². The Morgan fingerprint density at radius 1 is 1.27 bits per heavy atom. The summed E-state index contributed by atoms with van der Waals surface area (Å²) in [6.07, 6.45) is 8.06. The smallest absolute Gasteiger partial charge is 0.319 e. The van der Waals surface area contributed by atoms with Crippen LogP contribution in [0.4, 0.5) is 10.5 Å². The number of hydrogen-bond donors (Lipinski definition) is 2. The molecule has 1 aromatic heterocycles. The van der Waals surface area contributed by atoms with Crippen LogP contribution >= 0.6 is 0 Å². The van der Waals surface area contributed by atoms with Gasteiger partial charge in [-0.25, -0.2) is 4.79 Å².